The minimum atomic E-state index is -0.248. The van der Waals surface area contributed by atoms with Crippen molar-refractivity contribution in [3.8, 4) is 22.7 Å². The Bertz CT molecular complexity index is 1360. The van der Waals surface area contributed by atoms with Crippen LogP contribution >= 0.6 is 11.6 Å². The molecule has 6 rings (SSSR count). The summed E-state index contributed by atoms with van der Waals surface area (Å²) >= 11 is 6.08. The molecule has 0 saturated carbocycles. The van der Waals surface area contributed by atoms with Gasteiger partial charge in [-0.15, -0.1) is 5.10 Å². The second-order valence-electron chi connectivity index (χ2n) is 6.51. The molecule has 7 nitrogen and oxygen atoms in total. The Morgan fingerprint density at radius 3 is 2.52 bits per heavy atom. The number of hydrogen-bond acceptors (Lipinski definition) is 5. The Morgan fingerprint density at radius 1 is 1.07 bits per heavy atom. The highest BCUT2D eigenvalue weighted by Gasteiger charge is 2.16. The standard InChI is InChI=1S/C15H10ClN5O2.C6H4/c1-8(22)17-15-18-11-5-4-9(16)7-10(11)14-19-13(20-21(14)15)12-3-2-6-23-12;1-2-5-4-6(5)3-1/h2-7H,1H3,(H,17,18,22);1-4H. The number of nitrogens with one attached hydrogen (secondary N) is 1. The van der Waals surface area contributed by atoms with Crippen LogP contribution in [0.25, 0.3) is 39.3 Å². The van der Waals surface area contributed by atoms with Gasteiger partial charge in [0.2, 0.25) is 17.7 Å². The minimum absolute atomic E-state index is 0.248. The van der Waals surface area contributed by atoms with Gasteiger partial charge in [0.05, 0.1) is 11.8 Å². The number of carbonyl (C=O) groups is 1. The van der Waals surface area contributed by atoms with Gasteiger partial charge < -0.3 is 4.42 Å². The Labute approximate surface area is 170 Å². The molecule has 1 N–H and O–H groups in total. The van der Waals surface area contributed by atoms with Crippen LogP contribution < -0.4 is 5.32 Å². The van der Waals surface area contributed by atoms with Crippen LogP contribution in [0.1, 0.15) is 6.92 Å². The Kier molecular flexibility index (Phi) is 4.03. The Hall–Kier alpha value is -3.71. The highest BCUT2D eigenvalue weighted by molar-refractivity contribution is 6.31. The summed E-state index contributed by atoms with van der Waals surface area (Å²) in [5.41, 5.74) is 4.04. The van der Waals surface area contributed by atoms with Crippen molar-refractivity contribution in [2.24, 2.45) is 0 Å². The van der Waals surface area contributed by atoms with E-state index in [0.717, 1.165) is 5.39 Å². The fraction of sp³-hybridized carbons (Fsp3) is 0.0476. The van der Waals surface area contributed by atoms with Gasteiger partial charge in [-0.1, -0.05) is 29.8 Å². The van der Waals surface area contributed by atoms with Gasteiger partial charge in [-0.2, -0.15) is 4.52 Å². The van der Waals surface area contributed by atoms with E-state index in [1.54, 1.807) is 36.6 Å². The highest BCUT2D eigenvalue weighted by atomic mass is 35.5. The summed E-state index contributed by atoms with van der Waals surface area (Å²) in [6.07, 6.45) is 1.54. The molecule has 4 aromatic rings. The van der Waals surface area contributed by atoms with Gasteiger partial charge in [-0.25, -0.2) is 9.97 Å². The van der Waals surface area contributed by atoms with Crippen LogP contribution in [-0.4, -0.2) is 25.5 Å². The van der Waals surface area contributed by atoms with Gasteiger partial charge in [0.25, 0.3) is 0 Å². The zero-order chi connectivity index (χ0) is 20.0. The molecule has 0 spiro atoms. The lowest BCUT2D eigenvalue weighted by Gasteiger charge is -2.06. The van der Waals surface area contributed by atoms with E-state index in [2.05, 4.69) is 44.6 Å². The monoisotopic (exact) mass is 403 g/mol. The first kappa shape index (κ1) is 17.4. The number of amides is 1. The smallest absolute Gasteiger partial charge is 0.233 e. The van der Waals surface area contributed by atoms with Crippen molar-refractivity contribution in [2.45, 2.75) is 6.92 Å². The summed E-state index contributed by atoms with van der Waals surface area (Å²) in [7, 11) is 0. The van der Waals surface area contributed by atoms with E-state index < -0.39 is 0 Å². The fourth-order valence-corrected chi connectivity index (χ4v) is 3.18. The van der Waals surface area contributed by atoms with E-state index in [1.807, 2.05) is 0 Å². The topological polar surface area (TPSA) is 85.3 Å². The van der Waals surface area contributed by atoms with Crippen LogP contribution in [0, 0.1) is 0 Å². The SMILES string of the molecule is CC(=O)Nc1nc2ccc(Cl)cc2c2nc(-c3ccco3)nn12.c1cc2cc-2c1. The third-order valence-corrected chi connectivity index (χ3v) is 4.61. The van der Waals surface area contributed by atoms with Gasteiger partial charge in [-0.3, -0.25) is 10.1 Å². The van der Waals surface area contributed by atoms with Gasteiger partial charge in [-0.05, 0) is 47.5 Å². The molecule has 0 atom stereocenters. The van der Waals surface area contributed by atoms with Gasteiger partial charge in [0.1, 0.15) is 0 Å². The molecule has 3 aromatic heterocycles. The lowest BCUT2D eigenvalue weighted by Crippen LogP contribution is -2.12. The third kappa shape index (κ3) is 3.32. The lowest BCUT2D eigenvalue weighted by molar-refractivity contribution is -0.114. The van der Waals surface area contributed by atoms with Crippen LogP contribution in [0.5, 0.6) is 0 Å². The maximum atomic E-state index is 11.4. The van der Waals surface area contributed by atoms with Gasteiger partial charge in [0.15, 0.2) is 11.4 Å². The number of nitrogens with zero attached hydrogens (tertiary/aromatic N) is 4. The van der Waals surface area contributed by atoms with Crippen LogP contribution in [0.2, 0.25) is 5.02 Å². The normalized spacial score (nSPS) is 11.2. The number of furan rings is 1. The molecule has 0 unspecified atom stereocenters. The predicted molar refractivity (Wildman–Crippen MR) is 111 cm³/mol. The van der Waals surface area contributed by atoms with Crippen molar-refractivity contribution in [1.29, 1.82) is 0 Å². The summed E-state index contributed by atoms with van der Waals surface area (Å²) in [4.78, 5) is 20.3. The molecule has 0 radical (unpaired) electrons. The number of rotatable bonds is 2. The predicted octanol–water partition coefficient (Wildman–Crippen LogP) is 4.82. The van der Waals surface area contributed by atoms with Crippen LogP contribution in [0.4, 0.5) is 5.95 Å². The van der Waals surface area contributed by atoms with E-state index in [4.69, 9.17) is 16.0 Å². The summed E-state index contributed by atoms with van der Waals surface area (Å²) in [6, 6.07) is 17.3. The second kappa shape index (κ2) is 6.72. The first-order valence-corrected chi connectivity index (χ1v) is 9.24. The third-order valence-electron chi connectivity index (χ3n) is 4.38. The van der Waals surface area contributed by atoms with Crippen LogP contribution in [-0.2, 0) is 4.79 Å². The summed E-state index contributed by atoms with van der Waals surface area (Å²) in [5.74, 6) is 0.961. The van der Waals surface area contributed by atoms with E-state index in [1.165, 1.54) is 22.6 Å². The highest BCUT2D eigenvalue weighted by Crippen LogP contribution is 2.32. The van der Waals surface area contributed by atoms with Crippen molar-refractivity contribution in [3.05, 3.63) is 65.9 Å². The number of aromatic nitrogens is 4. The molecule has 3 heterocycles. The van der Waals surface area contributed by atoms with Gasteiger partial charge >= 0.3 is 0 Å². The quantitative estimate of drug-likeness (QED) is 0.448. The zero-order valence-corrected chi connectivity index (χ0v) is 16.0. The van der Waals surface area contributed by atoms with E-state index in [-0.39, 0.29) is 11.9 Å². The maximum absolute atomic E-state index is 11.4. The van der Waals surface area contributed by atoms with E-state index >= 15 is 0 Å². The Balaban J connectivity index is 0.000000255. The first-order chi connectivity index (χ1) is 14.1. The molecule has 142 valence electrons. The molecule has 2 aliphatic carbocycles. The molecule has 0 saturated heterocycles. The molecule has 0 aliphatic heterocycles. The van der Waals surface area contributed by atoms with Crippen molar-refractivity contribution in [1.82, 2.24) is 19.6 Å². The largest absolute Gasteiger partial charge is 0.461 e. The summed E-state index contributed by atoms with van der Waals surface area (Å²) in [5, 5.41) is 8.34. The molecule has 2 aliphatic rings. The lowest BCUT2D eigenvalue weighted by atomic mass is 10.2. The molecular formula is C21H14ClN5O2. The molecule has 0 fully saturated rings. The van der Waals surface area contributed by atoms with Crippen molar-refractivity contribution in [3.63, 3.8) is 0 Å². The fourth-order valence-electron chi connectivity index (χ4n) is 3.00. The number of benzene rings is 2. The molecule has 1 aromatic carbocycles. The van der Waals surface area contributed by atoms with Gasteiger partial charge in [0, 0.05) is 17.3 Å². The minimum Gasteiger partial charge on any atom is -0.461 e. The van der Waals surface area contributed by atoms with E-state index in [9.17, 15) is 4.79 Å². The number of fused-ring (bicyclic) bond motifs is 4. The second-order valence-corrected chi connectivity index (χ2v) is 6.94. The number of anilines is 1. The Morgan fingerprint density at radius 2 is 1.90 bits per heavy atom. The number of hydrogen-bond donors (Lipinski definition) is 1. The number of carbonyl (C=O) groups excluding carboxylic acids is 1. The molecule has 29 heavy (non-hydrogen) atoms. The summed E-state index contributed by atoms with van der Waals surface area (Å²) in [6.45, 7) is 1.41. The number of halogens is 1. The van der Waals surface area contributed by atoms with E-state index in [0.29, 0.717) is 27.8 Å². The zero-order valence-electron chi connectivity index (χ0n) is 15.3. The molecule has 8 heteroatoms. The van der Waals surface area contributed by atoms with Crippen molar-refractivity contribution < 1.29 is 9.21 Å². The van der Waals surface area contributed by atoms with Crippen LogP contribution in [0.3, 0.4) is 0 Å². The molecule has 0 bridgehead atoms. The van der Waals surface area contributed by atoms with Crippen molar-refractivity contribution in [2.75, 3.05) is 5.32 Å². The molecular weight excluding hydrogens is 390 g/mol. The first-order valence-electron chi connectivity index (χ1n) is 8.86. The maximum Gasteiger partial charge on any atom is 0.233 e. The average Bonchev–Trinajstić information content (AvgIpc) is 3.16. The molecule has 1 amide bonds. The van der Waals surface area contributed by atoms with Crippen LogP contribution in [0.15, 0.2) is 65.3 Å². The summed E-state index contributed by atoms with van der Waals surface area (Å²) < 4.78 is 6.80. The average molecular weight is 404 g/mol. The van der Waals surface area contributed by atoms with Crippen molar-refractivity contribution >= 4 is 40.0 Å².